The third-order valence-electron chi connectivity index (χ3n) is 4.06. The first-order valence-electron chi connectivity index (χ1n) is 7.55. The third-order valence-corrected chi connectivity index (χ3v) is 7.22. The zero-order chi connectivity index (χ0) is 18.5. The van der Waals surface area contributed by atoms with Crippen molar-refractivity contribution in [1.29, 1.82) is 0 Å². The van der Waals surface area contributed by atoms with E-state index in [2.05, 4.69) is 15.3 Å². The van der Waals surface area contributed by atoms with Gasteiger partial charge in [-0.1, -0.05) is 0 Å². The van der Waals surface area contributed by atoms with Crippen LogP contribution in [0.4, 0.5) is 10.8 Å². The van der Waals surface area contributed by atoms with Crippen LogP contribution in [-0.4, -0.2) is 31.2 Å². The monoisotopic (exact) mass is 378 g/mol. The van der Waals surface area contributed by atoms with Crippen molar-refractivity contribution < 1.29 is 13.2 Å². The second-order valence-electron chi connectivity index (χ2n) is 5.86. The Kier molecular flexibility index (Phi) is 4.16. The van der Waals surface area contributed by atoms with Crippen molar-refractivity contribution in [1.82, 2.24) is 9.97 Å². The fourth-order valence-corrected chi connectivity index (χ4v) is 5.24. The number of anilines is 2. The van der Waals surface area contributed by atoms with Gasteiger partial charge in [-0.25, -0.2) is 18.4 Å². The molecule has 0 unspecified atom stereocenters. The first-order valence-corrected chi connectivity index (χ1v) is 9.81. The molecule has 3 heterocycles. The Hall–Kier alpha value is -2.26. The Labute approximate surface area is 150 Å². The number of carbonyl (C=O) groups is 1. The molecule has 9 heteroatoms. The minimum Gasteiger partial charge on any atom is -0.345 e. The fourth-order valence-electron chi connectivity index (χ4n) is 2.67. The van der Waals surface area contributed by atoms with Crippen molar-refractivity contribution in [3.8, 4) is 0 Å². The summed E-state index contributed by atoms with van der Waals surface area (Å²) in [6.07, 6.45) is 1.21. The quantitative estimate of drug-likeness (QED) is 0.808. The van der Waals surface area contributed by atoms with Crippen LogP contribution in [0.15, 0.2) is 17.2 Å². The summed E-state index contributed by atoms with van der Waals surface area (Å²) in [5.74, 6) is 0.500. The first kappa shape index (κ1) is 17.6. The number of nitrogens with zero attached hydrogens (tertiary/aromatic N) is 3. The van der Waals surface area contributed by atoms with E-state index < -0.39 is 15.8 Å². The molecule has 2 aromatic rings. The van der Waals surface area contributed by atoms with E-state index in [0.29, 0.717) is 22.2 Å². The second kappa shape index (κ2) is 5.92. The summed E-state index contributed by atoms with van der Waals surface area (Å²) in [5.41, 5.74) is 2.00. The van der Waals surface area contributed by atoms with Gasteiger partial charge in [0.05, 0.1) is 5.56 Å². The lowest BCUT2D eigenvalue weighted by Crippen LogP contribution is -2.36. The number of allylic oxidation sites excluding steroid dienone is 1. The molecule has 0 aliphatic carbocycles. The molecule has 1 N–H and O–H groups in total. The lowest BCUT2D eigenvalue weighted by atomic mass is 10.1. The van der Waals surface area contributed by atoms with Crippen molar-refractivity contribution in [3.63, 3.8) is 0 Å². The van der Waals surface area contributed by atoms with Gasteiger partial charge >= 0.3 is 0 Å². The summed E-state index contributed by atoms with van der Waals surface area (Å²) in [7, 11) is -2.45. The molecule has 1 aliphatic heterocycles. The van der Waals surface area contributed by atoms with Crippen LogP contribution in [-0.2, 0) is 10.0 Å². The summed E-state index contributed by atoms with van der Waals surface area (Å²) < 4.78 is 26.6. The maximum atomic E-state index is 12.8. The van der Waals surface area contributed by atoms with Gasteiger partial charge in [0, 0.05) is 29.9 Å². The number of carbonyl (C=O) groups excluding carboxylic acids is 1. The smallest absolute Gasteiger partial charge is 0.270 e. The third kappa shape index (κ3) is 2.83. The summed E-state index contributed by atoms with van der Waals surface area (Å²) in [6.45, 7) is 7.26. The number of nitrogens with one attached hydrogen (secondary N) is 1. The number of thiophene rings is 1. The maximum absolute atomic E-state index is 12.8. The van der Waals surface area contributed by atoms with E-state index >= 15 is 0 Å². The Bertz CT molecular complexity index is 1000. The van der Waals surface area contributed by atoms with E-state index in [4.69, 9.17) is 0 Å². The fraction of sp³-hybridized carbons (Fsp3) is 0.312. The van der Waals surface area contributed by atoms with E-state index in [-0.39, 0.29) is 4.91 Å². The molecule has 0 atom stereocenters. The molecule has 2 aromatic heterocycles. The molecule has 132 valence electrons. The second-order valence-corrected chi connectivity index (χ2v) is 9.00. The molecule has 0 spiro atoms. The summed E-state index contributed by atoms with van der Waals surface area (Å²) in [5, 5.41) is 3.29. The van der Waals surface area contributed by atoms with Gasteiger partial charge < -0.3 is 5.32 Å². The molecule has 0 aromatic carbocycles. The van der Waals surface area contributed by atoms with Crippen LogP contribution >= 0.6 is 11.3 Å². The minimum absolute atomic E-state index is 0.294. The molecular weight excluding hydrogens is 360 g/mol. The normalized spacial score (nSPS) is 17.7. The lowest BCUT2D eigenvalue weighted by molar-refractivity contribution is 0.104. The predicted molar refractivity (Wildman–Crippen MR) is 98.7 cm³/mol. The first-order chi connectivity index (χ1) is 11.6. The Morgan fingerprint density at radius 3 is 2.52 bits per heavy atom. The molecule has 0 saturated heterocycles. The predicted octanol–water partition coefficient (Wildman–Crippen LogP) is 2.69. The van der Waals surface area contributed by atoms with Gasteiger partial charge in [0.1, 0.15) is 16.6 Å². The molecule has 1 aliphatic rings. The van der Waals surface area contributed by atoms with Crippen LogP contribution < -0.4 is 9.62 Å². The average Bonchev–Trinajstić information content (AvgIpc) is 2.80. The summed E-state index contributed by atoms with van der Waals surface area (Å²) in [6, 6.07) is 1.68. The Morgan fingerprint density at radius 1 is 1.20 bits per heavy atom. The van der Waals surface area contributed by atoms with Crippen molar-refractivity contribution in [2.24, 2.45) is 0 Å². The topological polar surface area (TPSA) is 92.3 Å². The van der Waals surface area contributed by atoms with Gasteiger partial charge in [0.15, 0.2) is 4.91 Å². The van der Waals surface area contributed by atoms with Crippen molar-refractivity contribution >= 4 is 38.0 Å². The van der Waals surface area contributed by atoms with Crippen LogP contribution in [0.1, 0.15) is 32.3 Å². The van der Waals surface area contributed by atoms with Crippen LogP contribution in [0.25, 0.3) is 0 Å². The SMILES string of the molecule is Cc1cc(NC=C2C(=O)c3c(sc(C)c3C)N(C)S2(=O)=O)nc(C)n1. The van der Waals surface area contributed by atoms with Gasteiger partial charge in [-0.15, -0.1) is 11.3 Å². The van der Waals surface area contributed by atoms with E-state index in [1.807, 2.05) is 20.8 Å². The van der Waals surface area contributed by atoms with Crippen LogP contribution in [0.5, 0.6) is 0 Å². The van der Waals surface area contributed by atoms with E-state index in [1.54, 1.807) is 13.0 Å². The van der Waals surface area contributed by atoms with E-state index in [9.17, 15) is 13.2 Å². The molecule has 0 radical (unpaired) electrons. The molecule has 0 fully saturated rings. The van der Waals surface area contributed by atoms with Gasteiger partial charge in [-0.05, 0) is 33.3 Å². The van der Waals surface area contributed by atoms with Crippen molar-refractivity contribution in [2.75, 3.05) is 16.7 Å². The van der Waals surface area contributed by atoms with Gasteiger partial charge in [-0.2, -0.15) is 0 Å². The Morgan fingerprint density at radius 2 is 1.88 bits per heavy atom. The van der Waals surface area contributed by atoms with Gasteiger partial charge in [0.25, 0.3) is 10.0 Å². The zero-order valence-electron chi connectivity index (χ0n) is 14.5. The molecule has 7 nitrogen and oxygen atoms in total. The number of aromatic nitrogens is 2. The highest BCUT2D eigenvalue weighted by Gasteiger charge is 2.41. The zero-order valence-corrected chi connectivity index (χ0v) is 16.2. The number of hydrogen-bond acceptors (Lipinski definition) is 7. The van der Waals surface area contributed by atoms with Crippen LogP contribution in [0, 0.1) is 27.7 Å². The highest BCUT2D eigenvalue weighted by molar-refractivity contribution is 7.98. The standard InChI is InChI=1S/C16H18N4O3S2/c1-8-6-13(19-11(4)18-8)17-7-12-15(21)14-9(2)10(3)24-16(14)20(5)25(12,22)23/h6-7H,1-5H3,(H,17,18,19). The number of aryl methyl sites for hydroxylation is 3. The highest BCUT2D eigenvalue weighted by atomic mass is 32.2. The van der Waals surface area contributed by atoms with E-state index in [1.165, 1.54) is 28.9 Å². The molecule has 0 bridgehead atoms. The van der Waals surface area contributed by atoms with E-state index in [0.717, 1.165) is 16.1 Å². The number of hydrogen-bond donors (Lipinski definition) is 1. The number of fused-ring (bicyclic) bond motifs is 1. The molecule has 3 rings (SSSR count). The van der Waals surface area contributed by atoms with Gasteiger partial charge in [-0.3, -0.25) is 9.10 Å². The molecule has 0 saturated carbocycles. The Balaban J connectivity index is 2.09. The van der Waals surface area contributed by atoms with Crippen molar-refractivity contribution in [3.05, 3.63) is 44.7 Å². The number of Topliss-reactive ketones (excluding diaryl/α,β-unsaturated/α-hetero) is 1. The molecular formula is C16H18N4O3S2. The summed E-state index contributed by atoms with van der Waals surface area (Å²) >= 11 is 1.31. The number of ketones is 1. The lowest BCUT2D eigenvalue weighted by Gasteiger charge is -2.25. The maximum Gasteiger partial charge on any atom is 0.270 e. The largest absolute Gasteiger partial charge is 0.345 e. The number of rotatable bonds is 2. The molecule has 0 amide bonds. The van der Waals surface area contributed by atoms with Gasteiger partial charge in [0.2, 0.25) is 5.78 Å². The number of sulfonamides is 1. The van der Waals surface area contributed by atoms with Crippen LogP contribution in [0.3, 0.4) is 0 Å². The van der Waals surface area contributed by atoms with Crippen LogP contribution in [0.2, 0.25) is 0 Å². The average molecular weight is 378 g/mol. The summed E-state index contributed by atoms with van der Waals surface area (Å²) in [4.78, 5) is 21.8. The van der Waals surface area contributed by atoms with Crippen molar-refractivity contribution in [2.45, 2.75) is 27.7 Å². The highest BCUT2D eigenvalue weighted by Crippen LogP contribution is 2.42. The minimum atomic E-state index is -3.91. The molecule has 25 heavy (non-hydrogen) atoms.